The summed E-state index contributed by atoms with van der Waals surface area (Å²) >= 11 is 0. The summed E-state index contributed by atoms with van der Waals surface area (Å²) in [7, 11) is 3.02. The molecule has 0 aliphatic carbocycles. The molecule has 1 unspecified atom stereocenters. The molecule has 236 valence electrons. The molecule has 0 radical (unpaired) electrons. The first-order chi connectivity index (χ1) is 22.0. The van der Waals surface area contributed by atoms with Crippen molar-refractivity contribution in [2.75, 3.05) is 25.5 Å². The molecule has 4 aromatic rings. The van der Waals surface area contributed by atoms with Gasteiger partial charge in [-0.15, -0.1) is 0 Å². The zero-order chi connectivity index (χ0) is 32.7. The molecular weight excluding hydrogens is 591 g/mol. The predicted octanol–water partition coefficient (Wildman–Crippen LogP) is 3.92. The van der Waals surface area contributed by atoms with Crippen molar-refractivity contribution in [3.63, 3.8) is 0 Å². The maximum Gasteiger partial charge on any atom is 0.322 e. The van der Waals surface area contributed by atoms with Gasteiger partial charge in [-0.3, -0.25) is 24.6 Å². The van der Waals surface area contributed by atoms with Gasteiger partial charge in [-0.2, -0.15) is 0 Å². The third kappa shape index (κ3) is 5.40. The van der Waals surface area contributed by atoms with E-state index in [2.05, 4.69) is 20.9 Å². The highest BCUT2D eigenvalue weighted by atomic mass is 19.1. The van der Waals surface area contributed by atoms with Gasteiger partial charge in [0.05, 0.1) is 13.4 Å². The first kappa shape index (κ1) is 30.7. The van der Waals surface area contributed by atoms with Crippen LogP contribution in [0.4, 0.5) is 14.9 Å². The molecular formula is C34H33FN6O5. The number of hydrogen-bond donors (Lipinski definition) is 3. The topological polar surface area (TPSA) is 135 Å². The van der Waals surface area contributed by atoms with Gasteiger partial charge in [-0.25, -0.2) is 14.2 Å². The standard InChI is InChI=1S/C34H33FN6O5/c1-19-22(21-13-27(35)26(29(14-21)46-4)16-41-12-11-34(17-41)32(44)38-33(45)39-34)7-5-8-23(19)24-9-6-10-28(20(24)2)37-30(42)25-15-36-18-40(3)31(25)43/h5-10,13-15,18H,11-12,16-17H2,1-4H3,(H,37,42)(H2,38,39,44,45). The summed E-state index contributed by atoms with van der Waals surface area (Å²) in [6, 6.07) is 14.1. The van der Waals surface area contributed by atoms with Gasteiger partial charge in [0, 0.05) is 44.1 Å². The molecule has 3 N–H and O–H groups in total. The Hall–Kier alpha value is -5.36. The van der Waals surface area contributed by atoms with Crippen molar-refractivity contribution in [2.45, 2.75) is 32.4 Å². The Labute approximate surface area is 264 Å². The van der Waals surface area contributed by atoms with Crippen LogP contribution in [-0.4, -0.2) is 58.0 Å². The lowest BCUT2D eigenvalue weighted by molar-refractivity contribution is -0.123. The normalized spacial score (nSPS) is 17.7. The number of rotatable bonds is 7. The lowest BCUT2D eigenvalue weighted by Crippen LogP contribution is -2.48. The van der Waals surface area contributed by atoms with Gasteiger partial charge in [0.15, 0.2) is 0 Å². The zero-order valence-corrected chi connectivity index (χ0v) is 25.9. The van der Waals surface area contributed by atoms with E-state index in [1.165, 1.54) is 37.3 Å². The number of nitrogens with zero attached hydrogens (tertiary/aromatic N) is 3. The molecule has 12 heteroatoms. The molecule has 1 spiro atoms. The number of hydrogen-bond acceptors (Lipinski definition) is 7. The minimum atomic E-state index is -0.994. The molecule has 2 aliphatic heterocycles. The van der Waals surface area contributed by atoms with Crippen molar-refractivity contribution in [3.8, 4) is 28.0 Å². The summed E-state index contributed by atoms with van der Waals surface area (Å²) < 4.78 is 22.7. The minimum Gasteiger partial charge on any atom is -0.496 e. The highest BCUT2D eigenvalue weighted by Crippen LogP contribution is 2.38. The molecule has 46 heavy (non-hydrogen) atoms. The monoisotopic (exact) mass is 624 g/mol. The lowest BCUT2D eigenvalue weighted by atomic mass is 9.90. The number of ether oxygens (including phenoxy) is 1. The fraction of sp³-hybridized carbons (Fsp3) is 0.265. The second-order valence-electron chi connectivity index (χ2n) is 11.7. The molecule has 2 aliphatic rings. The number of imide groups is 1. The molecule has 0 saturated carbocycles. The van der Waals surface area contributed by atoms with Crippen LogP contribution in [-0.2, 0) is 18.4 Å². The summed E-state index contributed by atoms with van der Waals surface area (Å²) in [5.41, 5.74) is 4.31. The number of aryl methyl sites for hydroxylation is 1. The second kappa shape index (κ2) is 11.9. The molecule has 2 saturated heterocycles. The number of likely N-dealkylation sites (tertiary alicyclic amines) is 1. The van der Waals surface area contributed by atoms with Crippen LogP contribution >= 0.6 is 0 Å². The Morgan fingerprint density at radius 1 is 1.07 bits per heavy atom. The Kier molecular flexibility index (Phi) is 7.90. The Bertz CT molecular complexity index is 1970. The van der Waals surface area contributed by atoms with E-state index >= 15 is 4.39 Å². The Morgan fingerprint density at radius 2 is 1.78 bits per heavy atom. The van der Waals surface area contributed by atoms with Crippen LogP contribution in [0.15, 0.2) is 65.8 Å². The van der Waals surface area contributed by atoms with Crippen LogP contribution in [0.25, 0.3) is 22.3 Å². The van der Waals surface area contributed by atoms with E-state index in [1.807, 2.05) is 49.1 Å². The number of carbonyl (C=O) groups excluding carboxylic acids is 3. The van der Waals surface area contributed by atoms with Gasteiger partial charge in [0.2, 0.25) is 0 Å². The molecule has 1 atom stereocenters. The predicted molar refractivity (Wildman–Crippen MR) is 170 cm³/mol. The molecule has 3 aromatic carbocycles. The summed E-state index contributed by atoms with van der Waals surface area (Å²) in [6.07, 6.45) is 3.03. The first-order valence-electron chi connectivity index (χ1n) is 14.8. The number of benzene rings is 3. The van der Waals surface area contributed by atoms with Crippen LogP contribution in [0.1, 0.15) is 33.5 Å². The number of amides is 4. The number of carbonyl (C=O) groups is 3. The fourth-order valence-electron chi connectivity index (χ4n) is 6.32. The molecule has 4 amide bonds. The van der Waals surface area contributed by atoms with Gasteiger partial charge < -0.3 is 19.9 Å². The van der Waals surface area contributed by atoms with E-state index in [9.17, 15) is 19.2 Å². The number of aromatic nitrogens is 2. The smallest absolute Gasteiger partial charge is 0.322 e. The third-order valence-electron chi connectivity index (χ3n) is 8.87. The third-order valence-corrected chi connectivity index (χ3v) is 8.87. The maximum atomic E-state index is 15.8. The van der Waals surface area contributed by atoms with Gasteiger partial charge in [-0.1, -0.05) is 30.3 Å². The van der Waals surface area contributed by atoms with E-state index in [4.69, 9.17) is 4.74 Å². The summed E-state index contributed by atoms with van der Waals surface area (Å²) in [4.78, 5) is 55.4. The largest absolute Gasteiger partial charge is 0.496 e. The Balaban J connectivity index is 1.28. The zero-order valence-electron chi connectivity index (χ0n) is 25.9. The van der Waals surface area contributed by atoms with E-state index in [0.29, 0.717) is 35.5 Å². The number of nitrogens with one attached hydrogen (secondary N) is 3. The Morgan fingerprint density at radius 3 is 2.50 bits per heavy atom. The summed E-state index contributed by atoms with van der Waals surface area (Å²) in [5, 5.41) is 7.86. The molecule has 11 nitrogen and oxygen atoms in total. The van der Waals surface area contributed by atoms with E-state index in [0.717, 1.165) is 27.8 Å². The average Bonchev–Trinajstić information content (AvgIpc) is 3.56. The average molecular weight is 625 g/mol. The summed E-state index contributed by atoms with van der Waals surface area (Å²) in [6.45, 7) is 4.84. The van der Waals surface area contributed by atoms with E-state index < -0.39 is 28.9 Å². The van der Waals surface area contributed by atoms with E-state index in [-0.39, 0.29) is 24.6 Å². The van der Waals surface area contributed by atoms with Crippen LogP contribution in [0.2, 0.25) is 0 Å². The maximum absolute atomic E-state index is 15.8. The van der Waals surface area contributed by atoms with Gasteiger partial charge in [0.1, 0.15) is 22.7 Å². The number of halogens is 1. The molecule has 6 rings (SSSR count). The molecule has 3 heterocycles. The van der Waals surface area contributed by atoms with Crippen molar-refractivity contribution in [2.24, 2.45) is 7.05 Å². The lowest BCUT2D eigenvalue weighted by Gasteiger charge is -2.22. The number of anilines is 1. The molecule has 2 fully saturated rings. The van der Waals surface area contributed by atoms with Crippen molar-refractivity contribution in [3.05, 3.63) is 99.5 Å². The summed E-state index contributed by atoms with van der Waals surface area (Å²) in [5.74, 6) is -0.978. The van der Waals surface area contributed by atoms with Crippen molar-refractivity contribution >= 4 is 23.5 Å². The van der Waals surface area contributed by atoms with E-state index in [1.54, 1.807) is 12.1 Å². The minimum absolute atomic E-state index is 0.0626. The van der Waals surface area contributed by atoms with Gasteiger partial charge in [0.25, 0.3) is 17.4 Å². The SMILES string of the molecule is COc1cc(-c2cccc(-c3cccc(NC(=O)c4cncn(C)c4=O)c3C)c2C)cc(F)c1CN1CCC2(C1)NC(=O)NC2=O. The van der Waals surface area contributed by atoms with Crippen LogP contribution in [0.5, 0.6) is 5.75 Å². The quantitative estimate of drug-likeness (QED) is 0.266. The van der Waals surface area contributed by atoms with Crippen LogP contribution in [0.3, 0.4) is 0 Å². The van der Waals surface area contributed by atoms with Crippen molar-refractivity contribution in [1.82, 2.24) is 25.1 Å². The van der Waals surface area contributed by atoms with Crippen molar-refractivity contribution in [1.29, 1.82) is 0 Å². The van der Waals surface area contributed by atoms with Crippen LogP contribution in [0, 0.1) is 19.7 Å². The fourth-order valence-corrected chi connectivity index (χ4v) is 6.32. The highest BCUT2D eigenvalue weighted by Gasteiger charge is 2.50. The van der Waals surface area contributed by atoms with Crippen LogP contribution < -0.4 is 26.2 Å². The number of methoxy groups -OCH3 is 1. The molecule has 1 aromatic heterocycles. The van der Waals surface area contributed by atoms with Gasteiger partial charge in [-0.05, 0) is 71.8 Å². The number of urea groups is 1. The van der Waals surface area contributed by atoms with Gasteiger partial charge >= 0.3 is 6.03 Å². The highest BCUT2D eigenvalue weighted by molar-refractivity contribution is 6.07. The van der Waals surface area contributed by atoms with Crippen molar-refractivity contribution < 1.29 is 23.5 Å². The molecule has 0 bridgehead atoms. The first-order valence-corrected chi connectivity index (χ1v) is 14.8. The second-order valence-corrected chi connectivity index (χ2v) is 11.7.